The van der Waals surface area contributed by atoms with Crippen LogP contribution in [-0.2, 0) is 6.42 Å². The molecule has 0 saturated heterocycles. The minimum atomic E-state index is -0.263. The fourth-order valence-electron chi connectivity index (χ4n) is 3.11. The molecule has 0 saturated carbocycles. The van der Waals surface area contributed by atoms with E-state index in [1.807, 2.05) is 36.4 Å². The second-order valence-corrected chi connectivity index (χ2v) is 6.99. The van der Waals surface area contributed by atoms with E-state index in [1.165, 1.54) is 17.7 Å². The molecule has 1 heterocycles. The van der Waals surface area contributed by atoms with Crippen LogP contribution in [0.2, 0.25) is 0 Å². The van der Waals surface area contributed by atoms with Crippen molar-refractivity contribution in [2.75, 3.05) is 0 Å². The van der Waals surface area contributed by atoms with E-state index in [0.717, 1.165) is 40.3 Å². The Hall–Kier alpha value is -4.21. The maximum absolute atomic E-state index is 13.4. The van der Waals surface area contributed by atoms with E-state index in [4.69, 9.17) is 0 Å². The predicted octanol–water partition coefficient (Wildman–Crippen LogP) is 5.69. The van der Waals surface area contributed by atoms with Crippen molar-refractivity contribution in [1.29, 1.82) is 0 Å². The normalized spacial score (nSPS) is 9.97. The molecule has 0 N–H and O–H groups in total. The second-order valence-electron chi connectivity index (χ2n) is 6.99. The van der Waals surface area contributed by atoms with Crippen LogP contribution in [0, 0.1) is 29.5 Å². The molecule has 4 aromatic rings. The van der Waals surface area contributed by atoms with E-state index in [9.17, 15) is 4.39 Å². The maximum atomic E-state index is 13.4. The predicted molar refractivity (Wildman–Crippen MR) is 123 cm³/mol. The zero-order valence-corrected chi connectivity index (χ0v) is 16.9. The summed E-state index contributed by atoms with van der Waals surface area (Å²) in [6, 6.07) is 18.5. The van der Waals surface area contributed by atoms with Gasteiger partial charge in [0, 0.05) is 23.5 Å². The zero-order valence-electron chi connectivity index (χ0n) is 16.9. The van der Waals surface area contributed by atoms with E-state index in [-0.39, 0.29) is 5.82 Å². The summed E-state index contributed by atoms with van der Waals surface area (Å²) in [5.41, 5.74) is 3.75. The molecule has 0 fully saturated rings. The topological polar surface area (TPSA) is 25.8 Å². The number of benzene rings is 3. The van der Waals surface area contributed by atoms with Crippen molar-refractivity contribution < 1.29 is 4.39 Å². The van der Waals surface area contributed by atoms with E-state index in [0.29, 0.717) is 5.82 Å². The van der Waals surface area contributed by atoms with E-state index in [1.54, 1.807) is 18.5 Å². The summed E-state index contributed by atoms with van der Waals surface area (Å²) in [6.07, 6.45) is 7.21. The number of aryl methyl sites for hydroxylation is 1. The van der Waals surface area contributed by atoms with Crippen LogP contribution in [0.1, 0.15) is 34.5 Å². The first-order valence-electron chi connectivity index (χ1n) is 9.95. The Labute approximate surface area is 181 Å². The van der Waals surface area contributed by atoms with Crippen LogP contribution >= 0.6 is 0 Å². The van der Waals surface area contributed by atoms with E-state index >= 15 is 0 Å². The quantitative estimate of drug-likeness (QED) is 0.325. The molecular formula is C28H19FN2. The largest absolute Gasteiger partial charge is 0.228 e. The summed E-state index contributed by atoms with van der Waals surface area (Å²) in [7, 11) is 0. The highest BCUT2D eigenvalue weighted by Crippen LogP contribution is 2.19. The summed E-state index contributed by atoms with van der Waals surface area (Å²) in [6.45, 7) is 3.75. The molecule has 0 atom stereocenters. The van der Waals surface area contributed by atoms with Crippen LogP contribution in [-0.4, -0.2) is 9.97 Å². The lowest BCUT2D eigenvalue weighted by atomic mass is 10.0. The number of hydrogen-bond acceptors (Lipinski definition) is 2. The van der Waals surface area contributed by atoms with Gasteiger partial charge in [-0.05, 0) is 65.4 Å². The number of aromatic nitrogens is 2. The van der Waals surface area contributed by atoms with Crippen molar-refractivity contribution in [3.63, 3.8) is 0 Å². The monoisotopic (exact) mass is 402 g/mol. The highest BCUT2D eigenvalue weighted by Gasteiger charge is 2.00. The Morgan fingerprint density at radius 1 is 0.839 bits per heavy atom. The van der Waals surface area contributed by atoms with Gasteiger partial charge in [0.15, 0.2) is 0 Å². The van der Waals surface area contributed by atoms with Gasteiger partial charge in [0.05, 0.1) is 5.56 Å². The average Bonchev–Trinajstić information content (AvgIpc) is 2.81. The fraction of sp³-hybridized carbons (Fsp3) is 0.0714. The third-order valence-electron chi connectivity index (χ3n) is 4.75. The minimum Gasteiger partial charge on any atom is -0.228 e. The lowest BCUT2D eigenvalue weighted by Crippen LogP contribution is -1.90. The number of fused-ring (bicyclic) bond motifs is 1. The number of halogens is 1. The molecule has 0 spiro atoms. The molecule has 1 aromatic heterocycles. The van der Waals surface area contributed by atoms with Crippen LogP contribution in [0.3, 0.4) is 0 Å². The average molecular weight is 402 g/mol. The van der Waals surface area contributed by atoms with Gasteiger partial charge in [0.2, 0.25) is 5.82 Å². The van der Waals surface area contributed by atoms with Gasteiger partial charge in [-0.15, -0.1) is 6.58 Å². The van der Waals surface area contributed by atoms with Gasteiger partial charge in [-0.2, -0.15) is 0 Å². The summed E-state index contributed by atoms with van der Waals surface area (Å²) in [5, 5.41) is 1.71. The number of rotatable bonds is 3. The number of nitrogens with zero attached hydrogens (tertiary/aromatic N) is 2. The molecule has 0 aliphatic rings. The van der Waals surface area contributed by atoms with E-state index < -0.39 is 0 Å². The summed E-state index contributed by atoms with van der Waals surface area (Å²) in [4.78, 5) is 8.58. The van der Waals surface area contributed by atoms with Gasteiger partial charge in [-0.3, -0.25) is 0 Å². The molecule has 0 amide bonds. The SMILES string of the molecule is C=CCCc1ccc(C#Cc2cnc(C#Cc3cccc4cc(F)ccc34)nc2)cc1. The van der Waals surface area contributed by atoms with Crippen molar-refractivity contribution in [3.8, 4) is 23.7 Å². The maximum Gasteiger partial charge on any atom is 0.205 e. The smallest absolute Gasteiger partial charge is 0.205 e. The Kier molecular flexibility index (Phi) is 6.17. The molecule has 0 aliphatic heterocycles. The van der Waals surface area contributed by atoms with E-state index in [2.05, 4.69) is 52.4 Å². The highest BCUT2D eigenvalue weighted by atomic mass is 19.1. The second kappa shape index (κ2) is 9.53. The lowest BCUT2D eigenvalue weighted by Gasteiger charge is -2.00. The Balaban J connectivity index is 1.48. The molecule has 0 aliphatic carbocycles. The van der Waals surface area contributed by atoms with Crippen LogP contribution in [0.4, 0.5) is 4.39 Å². The molecule has 4 rings (SSSR count). The van der Waals surface area contributed by atoms with Gasteiger partial charge >= 0.3 is 0 Å². The number of allylic oxidation sites excluding steroid dienone is 1. The minimum absolute atomic E-state index is 0.263. The van der Waals surface area contributed by atoms with Crippen LogP contribution in [0.15, 0.2) is 85.7 Å². The first-order chi connectivity index (χ1) is 15.2. The van der Waals surface area contributed by atoms with Gasteiger partial charge < -0.3 is 0 Å². The first-order valence-corrected chi connectivity index (χ1v) is 9.95. The van der Waals surface area contributed by atoms with Gasteiger partial charge in [0.25, 0.3) is 0 Å². The van der Waals surface area contributed by atoms with Gasteiger partial charge in [-0.25, -0.2) is 14.4 Å². The van der Waals surface area contributed by atoms with Gasteiger partial charge in [0.1, 0.15) is 5.82 Å². The molecule has 0 bridgehead atoms. The Bertz CT molecular complexity index is 1350. The summed E-state index contributed by atoms with van der Waals surface area (Å²) < 4.78 is 13.4. The Morgan fingerprint density at radius 2 is 1.61 bits per heavy atom. The standard InChI is InChI=1S/C28H19FN2/c1-2-3-5-21-8-10-22(11-9-21)12-13-23-19-30-28(31-20-23)17-14-24-6-4-7-25-18-26(29)15-16-27(24)25/h2,4,6-11,15-16,18-20H,1,3,5H2. The van der Waals surface area contributed by atoms with Gasteiger partial charge in [-0.1, -0.05) is 54.2 Å². The first kappa shape index (κ1) is 20.1. The van der Waals surface area contributed by atoms with Crippen LogP contribution in [0.25, 0.3) is 10.8 Å². The van der Waals surface area contributed by atoms with Crippen molar-refractivity contribution >= 4 is 10.8 Å². The fourth-order valence-corrected chi connectivity index (χ4v) is 3.11. The number of hydrogen-bond donors (Lipinski definition) is 0. The lowest BCUT2D eigenvalue weighted by molar-refractivity contribution is 0.630. The molecule has 31 heavy (non-hydrogen) atoms. The summed E-state index contributed by atoms with van der Waals surface area (Å²) >= 11 is 0. The third-order valence-corrected chi connectivity index (χ3v) is 4.75. The van der Waals surface area contributed by atoms with Crippen molar-refractivity contribution in [2.45, 2.75) is 12.8 Å². The molecule has 3 aromatic carbocycles. The van der Waals surface area contributed by atoms with Crippen molar-refractivity contribution in [2.24, 2.45) is 0 Å². The molecular weight excluding hydrogens is 383 g/mol. The highest BCUT2D eigenvalue weighted by molar-refractivity contribution is 5.88. The zero-order chi connectivity index (χ0) is 21.5. The molecule has 3 heteroatoms. The molecule has 0 radical (unpaired) electrons. The van der Waals surface area contributed by atoms with Crippen molar-refractivity contribution in [3.05, 3.63) is 120 Å². The molecule has 0 unspecified atom stereocenters. The summed E-state index contributed by atoms with van der Waals surface area (Å²) in [5.74, 6) is 12.4. The molecule has 148 valence electrons. The third kappa shape index (κ3) is 5.24. The molecule has 2 nitrogen and oxygen atoms in total. The van der Waals surface area contributed by atoms with Crippen LogP contribution in [0.5, 0.6) is 0 Å². The Morgan fingerprint density at radius 3 is 2.39 bits per heavy atom. The van der Waals surface area contributed by atoms with Crippen molar-refractivity contribution in [1.82, 2.24) is 9.97 Å². The van der Waals surface area contributed by atoms with Crippen LogP contribution < -0.4 is 0 Å².